The Bertz CT molecular complexity index is 748. The van der Waals surface area contributed by atoms with Gasteiger partial charge in [0.25, 0.3) is 0 Å². The van der Waals surface area contributed by atoms with E-state index in [1.165, 1.54) is 7.11 Å². The lowest BCUT2D eigenvalue weighted by atomic mass is 9.95. The van der Waals surface area contributed by atoms with Gasteiger partial charge in [-0.2, -0.15) is 0 Å². The minimum Gasteiger partial charge on any atom is -0.463 e. The molecule has 1 aromatic carbocycles. The van der Waals surface area contributed by atoms with E-state index in [0.29, 0.717) is 16.4 Å². The highest BCUT2D eigenvalue weighted by atomic mass is 32.1. The fourth-order valence-electron chi connectivity index (χ4n) is 2.68. The van der Waals surface area contributed by atoms with Crippen LogP contribution in [0.4, 0.5) is 5.69 Å². The minimum absolute atomic E-state index is 0.0339. The molecule has 0 fully saturated rings. The van der Waals surface area contributed by atoms with Crippen molar-refractivity contribution in [3.05, 3.63) is 41.1 Å². The van der Waals surface area contributed by atoms with Gasteiger partial charge in [0.1, 0.15) is 6.61 Å². The number of carbonyl (C=O) groups excluding carboxylic acids is 2. The lowest BCUT2D eigenvalue weighted by Crippen LogP contribution is -2.46. The first-order chi connectivity index (χ1) is 12.4. The molecule has 1 atom stereocenters. The molecule has 0 bridgehead atoms. The topological polar surface area (TPSA) is 79.9 Å². The van der Waals surface area contributed by atoms with E-state index in [1.54, 1.807) is 37.1 Å². The maximum absolute atomic E-state index is 12.5. The summed E-state index contributed by atoms with van der Waals surface area (Å²) in [4.78, 5) is 26.0. The number of carbonyl (C=O) groups is 2. The van der Waals surface area contributed by atoms with Gasteiger partial charge in [-0.3, -0.25) is 4.79 Å². The summed E-state index contributed by atoms with van der Waals surface area (Å²) in [5.41, 5.74) is 2.62. The quantitative estimate of drug-likeness (QED) is 0.579. The van der Waals surface area contributed by atoms with Crippen molar-refractivity contribution < 1.29 is 19.1 Å². The number of ether oxygens (including phenoxy) is 2. The Morgan fingerprint density at radius 1 is 1.38 bits per heavy atom. The van der Waals surface area contributed by atoms with Crippen molar-refractivity contribution in [2.75, 3.05) is 32.7 Å². The van der Waals surface area contributed by atoms with Crippen LogP contribution in [0.25, 0.3) is 0 Å². The molecule has 8 heteroatoms. The van der Waals surface area contributed by atoms with Gasteiger partial charge in [-0.25, -0.2) is 4.79 Å². The molecule has 140 valence electrons. The summed E-state index contributed by atoms with van der Waals surface area (Å²) in [6, 6.07) is 6.77. The van der Waals surface area contributed by atoms with Gasteiger partial charge in [-0.05, 0) is 43.8 Å². The number of methoxy groups -OCH3 is 1. The van der Waals surface area contributed by atoms with E-state index in [9.17, 15) is 9.59 Å². The van der Waals surface area contributed by atoms with Crippen molar-refractivity contribution in [2.45, 2.75) is 19.9 Å². The van der Waals surface area contributed by atoms with Crippen LogP contribution >= 0.6 is 12.2 Å². The van der Waals surface area contributed by atoms with Crippen LogP contribution in [0, 0.1) is 0 Å². The number of rotatable bonds is 6. The second-order valence-corrected chi connectivity index (χ2v) is 6.15. The molecule has 1 unspecified atom stereocenters. The van der Waals surface area contributed by atoms with E-state index in [1.807, 2.05) is 13.0 Å². The molecule has 1 aliphatic rings. The van der Waals surface area contributed by atoms with Gasteiger partial charge in [0.2, 0.25) is 5.91 Å². The molecule has 0 aromatic heterocycles. The molecule has 26 heavy (non-hydrogen) atoms. The number of allylic oxidation sites excluding steroid dienone is 1. The number of nitrogens with one attached hydrogen (secondary N) is 2. The molecule has 1 amide bonds. The number of amides is 1. The Labute approximate surface area is 158 Å². The van der Waals surface area contributed by atoms with Crippen LogP contribution in [0.15, 0.2) is 35.5 Å². The summed E-state index contributed by atoms with van der Waals surface area (Å²) in [5, 5.41) is 6.43. The van der Waals surface area contributed by atoms with Crippen LogP contribution in [0.3, 0.4) is 0 Å². The molecular weight excluding hydrogens is 354 g/mol. The maximum Gasteiger partial charge on any atom is 0.338 e. The molecule has 0 spiro atoms. The highest BCUT2D eigenvalue weighted by Crippen LogP contribution is 2.31. The predicted molar refractivity (Wildman–Crippen MR) is 103 cm³/mol. The number of esters is 1. The summed E-state index contributed by atoms with van der Waals surface area (Å²) in [6.45, 7) is 3.84. The standard InChI is InChI=1S/C18H23N3O4S/c1-5-25-17(23)15-11(2)21(3)18(26)20-16(15)12-7-6-8-13(9-12)19-14(22)10-24-4/h6-9,16H,5,10H2,1-4H3,(H,19,22)(H,20,26). The van der Waals surface area contributed by atoms with Gasteiger partial charge in [0, 0.05) is 25.5 Å². The van der Waals surface area contributed by atoms with Crippen molar-refractivity contribution in [3.8, 4) is 0 Å². The fourth-order valence-corrected chi connectivity index (χ4v) is 2.94. The van der Waals surface area contributed by atoms with Crippen LogP contribution in [-0.4, -0.2) is 49.3 Å². The zero-order valence-corrected chi connectivity index (χ0v) is 16.1. The molecule has 0 aliphatic carbocycles. The monoisotopic (exact) mass is 377 g/mol. The molecule has 2 N–H and O–H groups in total. The van der Waals surface area contributed by atoms with E-state index in [-0.39, 0.29) is 19.1 Å². The average Bonchev–Trinajstić information content (AvgIpc) is 2.60. The predicted octanol–water partition coefficient (Wildman–Crippen LogP) is 1.97. The smallest absolute Gasteiger partial charge is 0.338 e. The summed E-state index contributed by atoms with van der Waals surface area (Å²) in [7, 11) is 3.25. The SMILES string of the molecule is CCOC(=O)C1=C(C)N(C)C(=S)NC1c1cccc(NC(=O)COC)c1. The van der Waals surface area contributed by atoms with Gasteiger partial charge < -0.3 is 25.0 Å². The van der Waals surface area contributed by atoms with Crippen LogP contribution in [-0.2, 0) is 19.1 Å². The largest absolute Gasteiger partial charge is 0.463 e. The number of thiocarbonyl (C=S) groups is 1. The van der Waals surface area contributed by atoms with E-state index >= 15 is 0 Å². The van der Waals surface area contributed by atoms with E-state index in [0.717, 1.165) is 11.3 Å². The van der Waals surface area contributed by atoms with Gasteiger partial charge in [-0.1, -0.05) is 12.1 Å². The third-order valence-corrected chi connectivity index (χ3v) is 4.42. The van der Waals surface area contributed by atoms with Crippen LogP contribution in [0.1, 0.15) is 25.5 Å². The molecule has 1 aliphatic heterocycles. The van der Waals surface area contributed by atoms with Gasteiger partial charge in [0.05, 0.1) is 18.2 Å². The van der Waals surface area contributed by atoms with Crippen LogP contribution in [0.2, 0.25) is 0 Å². The average molecular weight is 377 g/mol. The van der Waals surface area contributed by atoms with E-state index in [4.69, 9.17) is 21.7 Å². The number of hydrogen-bond acceptors (Lipinski definition) is 5. The van der Waals surface area contributed by atoms with Gasteiger partial charge >= 0.3 is 5.97 Å². The Hall–Kier alpha value is -2.45. The van der Waals surface area contributed by atoms with E-state index < -0.39 is 12.0 Å². The van der Waals surface area contributed by atoms with Crippen molar-refractivity contribution in [3.63, 3.8) is 0 Å². The normalized spacial score (nSPS) is 17.0. The van der Waals surface area contributed by atoms with Crippen molar-refractivity contribution in [1.29, 1.82) is 0 Å². The molecule has 1 heterocycles. The summed E-state index contributed by atoms with van der Waals surface area (Å²) in [6.07, 6.45) is 0. The first kappa shape index (κ1) is 19.9. The van der Waals surface area contributed by atoms with Crippen LogP contribution < -0.4 is 10.6 Å². The van der Waals surface area contributed by atoms with Crippen molar-refractivity contribution in [2.24, 2.45) is 0 Å². The highest BCUT2D eigenvalue weighted by molar-refractivity contribution is 7.80. The number of nitrogens with zero attached hydrogens (tertiary/aromatic N) is 1. The lowest BCUT2D eigenvalue weighted by molar-refractivity contribution is -0.139. The first-order valence-corrected chi connectivity index (χ1v) is 8.60. The fraction of sp³-hybridized carbons (Fsp3) is 0.389. The molecule has 0 radical (unpaired) electrons. The number of anilines is 1. The molecular formula is C18H23N3O4S. The number of benzene rings is 1. The molecule has 0 saturated heterocycles. The molecule has 1 aromatic rings. The zero-order valence-electron chi connectivity index (χ0n) is 15.3. The molecule has 0 saturated carbocycles. The van der Waals surface area contributed by atoms with Gasteiger partial charge in [0.15, 0.2) is 5.11 Å². The Balaban J connectivity index is 2.39. The summed E-state index contributed by atoms with van der Waals surface area (Å²) >= 11 is 5.37. The Morgan fingerprint density at radius 2 is 2.12 bits per heavy atom. The summed E-state index contributed by atoms with van der Waals surface area (Å²) in [5.74, 6) is -0.653. The second-order valence-electron chi connectivity index (χ2n) is 5.77. The maximum atomic E-state index is 12.5. The minimum atomic E-state index is -0.461. The van der Waals surface area contributed by atoms with E-state index in [2.05, 4.69) is 10.6 Å². The zero-order chi connectivity index (χ0) is 19.3. The lowest BCUT2D eigenvalue weighted by Gasteiger charge is -2.35. The molecule has 2 rings (SSSR count). The Kier molecular flexibility index (Phi) is 6.70. The van der Waals surface area contributed by atoms with Crippen LogP contribution in [0.5, 0.6) is 0 Å². The number of hydrogen-bond donors (Lipinski definition) is 2. The first-order valence-electron chi connectivity index (χ1n) is 8.19. The van der Waals surface area contributed by atoms with Gasteiger partial charge in [-0.15, -0.1) is 0 Å². The van der Waals surface area contributed by atoms with Crippen molar-refractivity contribution in [1.82, 2.24) is 10.2 Å². The summed E-state index contributed by atoms with van der Waals surface area (Å²) < 4.78 is 10.0. The molecule has 7 nitrogen and oxygen atoms in total. The van der Waals surface area contributed by atoms with Crippen molar-refractivity contribution >= 4 is 34.9 Å². The highest BCUT2D eigenvalue weighted by Gasteiger charge is 2.33. The third-order valence-electron chi connectivity index (χ3n) is 4.03. The second kappa shape index (κ2) is 8.77. The Morgan fingerprint density at radius 3 is 2.77 bits per heavy atom. The third kappa shape index (κ3) is 4.39.